The minimum absolute atomic E-state index is 0.0955. The third-order valence-corrected chi connectivity index (χ3v) is 8.74. The van der Waals surface area contributed by atoms with Gasteiger partial charge in [-0.2, -0.15) is 0 Å². The number of imidazole rings is 1. The summed E-state index contributed by atoms with van der Waals surface area (Å²) in [6.07, 6.45) is 1.10. The topological polar surface area (TPSA) is 191 Å². The van der Waals surface area contributed by atoms with E-state index in [4.69, 9.17) is 42.4 Å². The smallest absolute Gasteiger partial charge is 0.411 e. The maximum absolute atomic E-state index is 13.5. The molecule has 1 fully saturated rings. The number of rotatable bonds is 13. The molecule has 18 heteroatoms. The number of nitrogens with one attached hydrogen (secondary N) is 4. The number of nitrogens with zero attached hydrogens (tertiary/aromatic N) is 6. The Bertz CT molecular complexity index is 2020. The Labute approximate surface area is 314 Å². The van der Waals surface area contributed by atoms with Crippen LogP contribution in [-0.4, -0.2) is 99.7 Å². The van der Waals surface area contributed by atoms with Crippen molar-refractivity contribution in [1.82, 2.24) is 45.7 Å². The van der Waals surface area contributed by atoms with Gasteiger partial charge in [0.1, 0.15) is 29.6 Å². The number of morpholine rings is 1. The SMILES string of the molecule is COCCOC(=O)Nc1ccc(-c2nc([C@H](Cc3cccc(C(=O)N4CCOCC4)c3)NC(=O)NCc3cc(Cl)ccc3-n3cnnn3)[nH]c2Cl)cc1. The molecular formula is C35H36Cl2N10O6. The Morgan fingerprint density at radius 2 is 1.83 bits per heavy atom. The number of carbonyl (C=O) groups is 3. The van der Waals surface area contributed by atoms with E-state index >= 15 is 0 Å². The van der Waals surface area contributed by atoms with Crippen LogP contribution in [0.2, 0.25) is 10.2 Å². The lowest BCUT2D eigenvalue weighted by molar-refractivity contribution is 0.0303. The molecule has 0 radical (unpaired) electrons. The lowest BCUT2D eigenvalue weighted by Crippen LogP contribution is -2.40. The molecular weight excluding hydrogens is 727 g/mol. The fourth-order valence-electron chi connectivity index (χ4n) is 5.62. The Morgan fingerprint density at radius 1 is 1.02 bits per heavy atom. The molecule has 2 aromatic heterocycles. The van der Waals surface area contributed by atoms with E-state index in [0.717, 1.165) is 5.56 Å². The molecule has 53 heavy (non-hydrogen) atoms. The number of ether oxygens (including phenoxy) is 3. The maximum Gasteiger partial charge on any atom is 0.411 e. The highest BCUT2D eigenvalue weighted by Crippen LogP contribution is 2.30. The molecule has 1 aliphatic heterocycles. The van der Waals surface area contributed by atoms with Crippen LogP contribution >= 0.6 is 23.2 Å². The van der Waals surface area contributed by atoms with Crippen molar-refractivity contribution >= 4 is 46.9 Å². The van der Waals surface area contributed by atoms with Gasteiger partial charge in [-0.3, -0.25) is 10.1 Å². The van der Waals surface area contributed by atoms with Crippen LogP contribution in [-0.2, 0) is 27.2 Å². The molecule has 0 spiro atoms. The summed E-state index contributed by atoms with van der Waals surface area (Å²) in [6.45, 7) is 2.50. The summed E-state index contributed by atoms with van der Waals surface area (Å²) in [4.78, 5) is 48.5. The third kappa shape index (κ3) is 9.87. The summed E-state index contributed by atoms with van der Waals surface area (Å²) in [7, 11) is 1.52. The molecule has 0 bridgehead atoms. The zero-order valence-electron chi connectivity index (χ0n) is 28.6. The zero-order valence-corrected chi connectivity index (χ0v) is 30.1. The second-order valence-corrected chi connectivity index (χ2v) is 12.6. The second kappa shape index (κ2) is 17.8. The van der Waals surface area contributed by atoms with E-state index in [1.165, 1.54) is 18.1 Å². The van der Waals surface area contributed by atoms with Gasteiger partial charge in [0.15, 0.2) is 0 Å². The van der Waals surface area contributed by atoms with Crippen molar-refractivity contribution in [3.63, 3.8) is 0 Å². The van der Waals surface area contributed by atoms with Gasteiger partial charge in [0, 0.05) is 48.6 Å². The van der Waals surface area contributed by atoms with Gasteiger partial charge < -0.3 is 34.7 Å². The van der Waals surface area contributed by atoms with E-state index in [0.29, 0.717) is 70.9 Å². The summed E-state index contributed by atoms with van der Waals surface area (Å²) in [5, 5.41) is 20.6. The molecule has 3 heterocycles. The molecule has 5 aromatic rings. The lowest BCUT2D eigenvalue weighted by Gasteiger charge is -2.27. The van der Waals surface area contributed by atoms with Crippen molar-refractivity contribution < 1.29 is 28.6 Å². The molecule has 1 saturated heterocycles. The number of hydrogen-bond acceptors (Lipinski definition) is 10. The van der Waals surface area contributed by atoms with Gasteiger partial charge in [0.05, 0.1) is 31.5 Å². The van der Waals surface area contributed by atoms with Crippen LogP contribution in [0.25, 0.3) is 16.9 Å². The Kier molecular flexibility index (Phi) is 12.5. The lowest BCUT2D eigenvalue weighted by atomic mass is 10.0. The van der Waals surface area contributed by atoms with E-state index in [9.17, 15) is 14.4 Å². The molecule has 1 aliphatic rings. The first-order valence-electron chi connectivity index (χ1n) is 16.6. The van der Waals surface area contributed by atoms with Crippen LogP contribution in [0.4, 0.5) is 15.3 Å². The number of anilines is 1. The monoisotopic (exact) mass is 762 g/mol. The molecule has 4 amide bonds. The molecule has 6 rings (SSSR count). The quantitative estimate of drug-likeness (QED) is 0.121. The van der Waals surface area contributed by atoms with Crippen molar-refractivity contribution in [3.8, 4) is 16.9 Å². The van der Waals surface area contributed by atoms with Crippen LogP contribution < -0.4 is 16.0 Å². The number of halogens is 2. The van der Waals surface area contributed by atoms with Crippen molar-refractivity contribution in [2.24, 2.45) is 0 Å². The molecule has 1 atom stereocenters. The van der Waals surface area contributed by atoms with E-state index in [2.05, 4.69) is 36.5 Å². The minimum atomic E-state index is -0.712. The van der Waals surface area contributed by atoms with Crippen LogP contribution in [0.1, 0.15) is 33.4 Å². The minimum Gasteiger partial charge on any atom is -0.447 e. The molecule has 0 unspecified atom stereocenters. The van der Waals surface area contributed by atoms with Crippen molar-refractivity contribution in [2.45, 2.75) is 19.0 Å². The number of benzene rings is 3. The van der Waals surface area contributed by atoms with Gasteiger partial charge in [-0.05, 0) is 70.4 Å². The zero-order chi connectivity index (χ0) is 37.2. The highest BCUT2D eigenvalue weighted by molar-refractivity contribution is 6.32. The number of carbonyl (C=O) groups excluding carboxylic acids is 3. The van der Waals surface area contributed by atoms with E-state index in [1.807, 2.05) is 18.2 Å². The summed E-state index contributed by atoms with van der Waals surface area (Å²) in [5.74, 6) is 0.285. The molecule has 0 aliphatic carbocycles. The number of aromatic nitrogens is 6. The van der Waals surface area contributed by atoms with Crippen LogP contribution in [0.3, 0.4) is 0 Å². The van der Waals surface area contributed by atoms with Gasteiger partial charge in [0.25, 0.3) is 5.91 Å². The summed E-state index contributed by atoms with van der Waals surface area (Å²) in [6, 6.07) is 18.1. The summed E-state index contributed by atoms with van der Waals surface area (Å²) >= 11 is 13.0. The highest BCUT2D eigenvalue weighted by atomic mass is 35.5. The van der Waals surface area contributed by atoms with Crippen LogP contribution in [0, 0.1) is 0 Å². The number of tetrazole rings is 1. The first-order chi connectivity index (χ1) is 25.8. The van der Waals surface area contributed by atoms with Crippen molar-refractivity contribution in [1.29, 1.82) is 0 Å². The molecule has 276 valence electrons. The van der Waals surface area contributed by atoms with E-state index < -0.39 is 18.2 Å². The first-order valence-corrected chi connectivity index (χ1v) is 17.3. The van der Waals surface area contributed by atoms with Gasteiger partial charge in [0.2, 0.25) is 0 Å². The van der Waals surface area contributed by atoms with E-state index in [-0.39, 0.29) is 37.2 Å². The Hall–Kier alpha value is -5.55. The fourth-order valence-corrected chi connectivity index (χ4v) is 6.06. The van der Waals surface area contributed by atoms with Gasteiger partial charge in [-0.1, -0.05) is 47.5 Å². The number of methoxy groups -OCH3 is 1. The predicted octanol–water partition coefficient (Wildman–Crippen LogP) is 4.81. The van der Waals surface area contributed by atoms with Crippen molar-refractivity contribution in [3.05, 3.63) is 106 Å². The predicted molar refractivity (Wildman–Crippen MR) is 195 cm³/mol. The Balaban J connectivity index is 1.22. The van der Waals surface area contributed by atoms with Crippen LogP contribution in [0.5, 0.6) is 0 Å². The molecule has 4 N–H and O–H groups in total. The third-order valence-electron chi connectivity index (χ3n) is 8.23. The van der Waals surface area contributed by atoms with Gasteiger partial charge in [-0.15, -0.1) is 5.10 Å². The second-order valence-electron chi connectivity index (χ2n) is 11.8. The number of amides is 4. The first kappa shape index (κ1) is 37.2. The van der Waals surface area contributed by atoms with Crippen molar-refractivity contribution in [2.75, 3.05) is 51.9 Å². The normalized spacial score (nSPS) is 13.3. The van der Waals surface area contributed by atoms with Crippen LogP contribution in [0.15, 0.2) is 73.1 Å². The summed E-state index contributed by atoms with van der Waals surface area (Å²) < 4.78 is 16.8. The molecule has 3 aromatic carbocycles. The fraction of sp³-hybridized carbons (Fsp3) is 0.286. The van der Waals surface area contributed by atoms with Gasteiger partial charge in [-0.25, -0.2) is 19.3 Å². The maximum atomic E-state index is 13.5. The average Bonchev–Trinajstić information content (AvgIpc) is 3.85. The van der Waals surface area contributed by atoms with E-state index in [1.54, 1.807) is 53.4 Å². The molecule has 16 nitrogen and oxygen atoms in total. The highest BCUT2D eigenvalue weighted by Gasteiger charge is 2.24. The number of hydrogen-bond donors (Lipinski definition) is 4. The average molecular weight is 764 g/mol. The number of urea groups is 1. The Morgan fingerprint density at radius 3 is 2.58 bits per heavy atom. The van der Waals surface area contributed by atoms with Gasteiger partial charge >= 0.3 is 12.1 Å². The molecule has 0 saturated carbocycles. The largest absolute Gasteiger partial charge is 0.447 e. The standard InChI is InChI=1S/C35H36Cl2N10O6/c1-51-15-16-53-35(50)40-27-8-5-23(6-9-27)30-31(37)43-32(42-30)28(18-22-3-2-4-24(17-22)33(48)46-11-13-52-14-12-46)41-34(49)38-20-25-19-26(36)7-10-29(25)47-21-39-44-45-47/h2-10,17,19,21,28H,11-16,18,20H2,1H3,(H,40,50)(H,42,43)(H2,38,41,49)/t28-/m0/s1. The number of H-pyrrole nitrogens is 1. The number of aromatic amines is 1. The summed E-state index contributed by atoms with van der Waals surface area (Å²) in [5.41, 5.74) is 4.23.